The minimum absolute atomic E-state index is 0.281. The van der Waals surface area contributed by atoms with Gasteiger partial charge >= 0.3 is 0 Å². The van der Waals surface area contributed by atoms with Gasteiger partial charge in [-0.15, -0.1) is 0 Å². The maximum Gasteiger partial charge on any atom is 0.267 e. The highest BCUT2D eigenvalue weighted by atomic mass is 35.5. The molecule has 0 saturated heterocycles. The summed E-state index contributed by atoms with van der Waals surface area (Å²) in [7, 11) is 0. The summed E-state index contributed by atoms with van der Waals surface area (Å²) in [5.74, 6) is 0.854. The van der Waals surface area contributed by atoms with Gasteiger partial charge in [0.25, 0.3) is 5.91 Å². The fourth-order valence-corrected chi connectivity index (χ4v) is 3.68. The van der Waals surface area contributed by atoms with Gasteiger partial charge in [0.15, 0.2) is 5.13 Å². The Morgan fingerprint density at radius 1 is 1.29 bits per heavy atom. The van der Waals surface area contributed by atoms with Crippen LogP contribution in [0.2, 0.25) is 5.02 Å². The van der Waals surface area contributed by atoms with Crippen LogP contribution in [-0.4, -0.2) is 27.1 Å². The van der Waals surface area contributed by atoms with Crippen LogP contribution in [0.5, 0.6) is 0 Å². The zero-order valence-electron chi connectivity index (χ0n) is 17.3. The lowest BCUT2D eigenvalue weighted by molar-refractivity contribution is 0.103. The number of allylic oxidation sites excluding steroid dienone is 2. The Labute approximate surface area is 189 Å². The first-order chi connectivity index (χ1) is 14.9. The smallest absolute Gasteiger partial charge is 0.267 e. The second kappa shape index (κ2) is 10.1. The highest BCUT2D eigenvalue weighted by molar-refractivity contribution is 7.17. The highest BCUT2D eigenvalue weighted by Gasteiger charge is 2.15. The molecule has 7 nitrogen and oxygen atoms in total. The molecule has 0 radical (unpaired) electrons. The number of hydrogen-bond donors (Lipinski definition) is 2. The Morgan fingerprint density at radius 3 is 2.81 bits per heavy atom. The van der Waals surface area contributed by atoms with Crippen LogP contribution in [0.4, 0.5) is 16.6 Å². The quantitative estimate of drug-likeness (QED) is 0.441. The van der Waals surface area contributed by atoms with Gasteiger partial charge in [0, 0.05) is 12.3 Å². The number of carbonyl (C=O) groups excluding carboxylic acids is 1. The molecule has 0 fully saturated rings. The third-order valence-electron chi connectivity index (χ3n) is 4.12. The molecule has 0 atom stereocenters. The van der Waals surface area contributed by atoms with Gasteiger partial charge in [-0.1, -0.05) is 53.8 Å². The molecule has 2 N–H and O–H groups in total. The largest absolute Gasteiger partial charge is 0.320 e. The number of carbonyl (C=O) groups is 1. The number of nitrogens with one attached hydrogen (secondary N) is 2. The van der Waals surface area contributed by atoms with Crippen LogP contribution in [0, 0.1) is 13.8 Å². The van der Waals surface area contributed by atoms with Gasteiger partial charge < -0.3 is 10.6 Å². The average Bonchev–Trinajstić information content (AvgIpc) is 3.19. The van der Waals surface area contributed by atoms with E-state index in [0.29, 0.717) is 43.8 Å². The van der Waals surface area contributed by atoms with Crippen molar-refractivity contribution in [2.45, 2.75) is 20.8 Å². The van der Waals surface area contributed by atoms with Crippen molar-refractivity contribution in [3.05, 3.63) is 76.2 Å². The number of benzene rings is 1. The molecule has 3 aromatic rings. The van der Waals surface area contributed by atoms with E-state index in [9.17, 15) is 4.79 Å². The van der Waals surface area contributed by atoms with E-state index in [1.807, 2.05) is 32.1 Å². The molecule has 2 aromatic heterocycles. The van der Waals surface area contributed by atoms with Crippen LogP contribution in [-0.2, 0) is 0 Å². The van der Waals surface area contributed by atoms with Crippen LogP contribution in [0.3, 0.4) is 0 Å². The van der Waals surface area contributed by atoms with Gasteiger partial charge in [0.1, 0.15) is 16.5 Å². The van der Waals surface area contributed by atoms with Crippen molar-refractivity contribution in [1.82, 2.24) is 15.0 Å². The first kappa shape index (κ1) is 22.3. The number of aromatic nitrogens is 3. The third kappa shape index (κ3) is 5.62. The molecule has 0 aliphatic carbocycles. The molecule has 9 heteroatoms. The number of aliphatic imine (C=N–C) groups is 1. The zero-order valence-corrected chi connectivity index (χ0v) is 18.9. The number of amides is 1. The number of nitrogens with zero attached hydrogens (tertiary/aromatic N) is 4. The summed E-state index contributed by atoms with van der Waals surface area (Å²) >= 11 is 7.41. The van der Waals surface area contributed by atoms with Crippen LogP contribution < -0.4 is 10.6 Å². The summed E-state index contributed by atoms with van der Waals surface area (Å²) in [5, 5.41) is 6.99. The molecule has 0 aliphatic heterocycles. The second-order valence-electron chi connectivity index (χ2n) is 6.41. The van der Waals surface area contributed by atoms with Crippen LogP contribution in [0.15, 0.2) is 54.2 Å². The van der Waals surface area contributed by atoms with E-state index in [0.717, 1.165) is 5.56 Å². The number of para-hydroxylation sites is 1. The summed E-state index contributed by atoms with van der Waals surface area (Å²) in [5.41, 5.74) is 2.83. The molecule has 158 valence electrons. The fraction of sp³-hybridized carbons (Fsp3) is 0.136. The number of halogens is 1. The van der Waals surface area contributed by atoms with Crippen molar-refractivity contribution >= 4 is 57.4 Å². The molecule has 1 aromatic carbocycles. The molecule has 0 saturated carbocycles. The minimum Gasteiger partial charge on any atom is -0.320 e. The summed E-state index contributed by atoms with van der Waals surface area (Å²) < 4.78 is 0. The van der Waals surface area contributed by atoms with Gasteiger partial charge in [0.2, 0.25) is 0 Å². The van der Waals surface area contributed by atoms with E-state index in [-0.39, 0.29) is 5.91 Å². The van der Waals surface area contributed by atoms with Crippen molar-refractivity contribution in [3.8, 4) is 0 Å². The Morgan fingerprint density at radius 2 is 2.10 bits per heavy atom. The number of thiazole rings is 1. The molecule has 3 rings (SSSR count). The topological polar surface area (TPSA) is 92.2 Å². The monoisotopic (exact) mass is 452 g/mol. The second-order valence-corrected chi connectivity index (χ2v) is 7.85. The molecule has 1 amide bonds. The van der Waals surface area contributed by atoms with Crippen LogP contribution in [0.1, 0.15) is 33.7 Å². The van der Waals surface area contributed by atoms with E-state index >= 15 is 0 Å². The van der Waals surface area contributed by atoms with Crippen LogP contribution in [0.25, 0.3) is 5.70 Å². The van der Waals surface area contributed by atoms with Crippen LogP contribution >= 0.6 is 22.9 Å². The maximum atomic E-state index is 12.6. The van der Waals surface area contributed by atoms with Gasteiger partial charge in [0.05, 0.1) is 28.3 Å². The predicted molar refractivity (Wildman–Crippen MR) is 129 cm³/mol. The molecule has 0 aliphatic rings. The zero-order chi connectivity index (χ0) is 22.4. The molecule has 0 spiro atoms. The van der Waals surface area contributed by atoms with Crippen molar-refractivity contribution in [3.63, 3.8) is 0 Å². The molecule has 0 unspecified atom stereocenters. The van der Waals surface area contributed by atoms with Gasteiger partial charge in [-0.2, -0.15) is 0 Å². The van der Waals surface area contributed by atoms with E-state index < -0.39 is 0 Å². The lowest BCUT2D eigenvalue weighted by Crippen LogP contribution is -2.11. The van der Waals surface area contributed by atoms with Crippen molar-refractivity contribution in [2.24, 2.45) is 4.99 Å². The third-order valence-corrected chi connectivity index (χ3v) is 5.34. The predicted octanol–water partition coefficient (Wildman–Crippen LogP) is 5.82. The summed E-state index contributed by atoms with van der Waals surface area (Å²) in [6.45, 7) is 9.20. The minimum atomic E-state index is -0.281. The first-order valence-electron chi connectivity index (χ1n) is 9.38. The highest BCUT2D eigenvalue weighted by Crippen LogP contribution is 2.28. The molecular formula is C22H21ClN6OS. The van der Waals surface area contributed by atoms with Crippen molar-refractivity contribution < 1.29 is 4.79 Å². The molecular weight excluding hydrogens is 432 g/mol. The summed E-state index contributed by atoms with van der Waals surface area (Å²) in [6.07, 6.45) is 6.57. The number of rotatable bonds is 7. The number of hydrogen-bond acceptors (Lipinski definition) is 7. The average molecular weight is 453 g/mol. The Bertz CT molecular complexity index is 1160. The Kier molecular flexibility index (Phi) is 7.28. The SMILES string of the molecule is C=CC=N/C(=C\C)c1cc(Nc2ncc(C(=O)Nc3c(C)cccc3Cl)s2)nc(C)n1. The number of aryl methyl sites for hydroxylation is 2. The molecule has 2 heterocycles. The van der Waals surface area contributed by atoms with Gasteiger partial charge in [-0.3, -0.25) is 9.79 Å². The fourth-order valence-electron chi connectivity index (χ4n) is 2.70. The van der Waals surface area contributed by atoms with E-state index in [2.05, 4.69) is 37.2 Å². The van der Waals surface area contributed by atoms with E-state index in [1.165, 1.54) is 17.5 Å². The lowest BCUT2D eigenvalue weighted by Gasteiger charge is -2.09. The van der Waals surface area contributed by atoms with E-state index in [1.54, 1.807) is 31.3 Å². The number of anilines is 3. The summed E-state index contributed by atoms with van der Waals surface area (Å²) in [4.78, 5) is 30.5. The standard InChI is InChI=1S/C22H21ClN6OS/c1-5-10-24-16(6-2)17-11-19(27-14(4)26-17)28-22-25-12-18(31-22)21(30)29-20-13(3)8-7-9-15(20)23/h5-12H,1H2,2-4H3,(H,29,30)(H,25,26,27,28)/b16-6-,24-10?. The summed E-state index contributed by atoms with van der Waals surface area (Å²) in [6, 6.07) is 7.23. The lowest BCUT2D eigenvalue weighted by atomic mass is 10.2. The maximum absolute atomic E-state index is 12.6. The van der Waals surface area contributed by atoms with Gasteiger partial charge in [-0.05, 0) is 32.4 Å². The Hall–Kier alpha value is -3.36. The normalized spacial score (nSPS) is 11.5. The van der Waals surface area contributed by atoms with Crippen molar-refractivity contribution in [1.29, 1.82) is 0 Å². The van der Waals surface area contributed by atoms with Gasteiger partial charge in [-0.25, -0.2) is 15.0 Å². The molecule has 31 heavy (non-hydrogen) atoms. The molecule has 0 bridgehead atoms. The Balaban J connectivity index is 1.79. The van der Waals surface area contributed by atoms with Crippen molar-refractivity contribution in [2.75, 3.05) is 10.6 Å². The van der Waals surface area contributed by atoms with E-state index in [4.69, 9.17) is 11.6 Å². The first-order valence-corrected chi connectivity index (χ1v) is 10.6.